The molecule has 5 nitrogen and oxygen atoms in total. The fourth-order valence-corrected chi connectivity index (χ4v) is 1.54. The molecule has 2 amide bonds. The number of hydrogen-bond acceptors (Lipinski definition) is 3. The van der Waals surface area contributed by atoms with Gasteiger partial charge in [-0.2, -0.15) is 0 Å². The van der Waals surface area contributed by atoms with Crippen LogP contribution in [0.4, 0.5) is 0 Å². The molecule has 0 spiro atoms. The van der Waals surface area contributed by atoms with E-state index in [1.165, 1.54) is 4.90 Å². The molecule has 2 atom stereocenters. The Morgan fingerprint density at radius 1 is 1.47 bits per heavy atom. The number of likely N-dealkylation sites (tertiary alicyclic amines) is 1. The Labute approximate surface area is 89.8 Å². The lowest BCUT2D eigenvalue weighted by molar-refractivity contribution is -0.146. The number of primary amides is 1. The van der Waals surface area contributed by atoms with Gasteiger partial charge < -0.3 is 16.4 Å². The SMILES string of the molecule is CC(C)[C@@H](N)CC(=O)N1CCC1C(N)=O. The van der Waals surface area contributed by atoms with E-state index in [1.807, 2.05) is 13.8 Å². The molecular weight excluding hydrogens is 194 g/mol. The molecule has 4 N–H and O–H groups in total. The minimum Gasteiger partial charge on any atom is -0.368 e. The van der Waals surface area contributed by atoms with Gasteiger partial charge in [-0.15, -0.1) is 0 Å². The molecule has 1 aliphatic heterocycles. The topological polar surface area (TPSA) is 89.4 Å². The highest BCUT2D eigenvalue weighted by Crippen LogP contribution is 2.19. The molecule has 0 bridgehead atoms. The van der Waals surface area contributed by atoms with Crippen molar-refractivity contribution in [2.75, 3.05) is 6.54 Å². The number of nitrogens with zero attached hydrogens (tertiary/aromatic N) is 1. The van der Waals surface area contributed by atoms with Gasteiger partial charge >= 0.3 is 0 Å². The van der Waals surface area contributed by atoms with Crippen LogP contribution in [0.1, 0.15) is 26.7 Å². The molecule has 1 unspecified atom stereocenters. The Morgan fingerprint density at radius 2 is 2.07 bits per heavy atom. The summed E-state index contributed by atoms with van der Waals surface area (Å²) in [4.78, 5) is 24.1. The second-order valence-electron chi connectivity index (χ2n) is 4.41. The summed E-state index contributed by atoms with van der Waals surface area (Å²) < 4.78 is 0. The summed E-state index contributed by atoms with van der Waals surface area (Å²) in [5.74, 6) is -0.221. The maximum absolute atomic E-state index is 11.7. The van der Waals surface area contributed by atoms with Crippen LogP contribution < -0.4 is 11.5 Å². The first-order valence-corrected chi connectivity index (χ1v) is 5.28. The van der Waals surface area contributed by atoms with Crippen LogP contribution in [-0.4, -0.2) is 35.3 Å². The summed E-state index contributed by atoms with van der Waals surface area (Å²) >= 11 is 0. The van der Waals surface area contributed by atoms with E-state index >= 15 is 0 Å². The van der Waals surface area contributed by atoms with Crippen LogP contribution in [-0.2, 0) is 9.59 Å². The number of amides is 2. The number of hydrogen-bond donors (Lipinski definition) is 2. The third-order valence-electron chi connectivity index (χ3n) is 2.94. The summed E-state index contributed by atoms with van der Waals surface area (Å²) in [6, 6.07) is -0.552. The number of carbonyl (C=O) groups excluding carboxylic acids is 2. The number of nitrogens with two attached hydrogens (primary N) is 2. The van der Waals surface area contributed by atoms with Crippen LogP contribution in [0.25, 0.3) is 0 Å². The van der Waals surface area contributed by atoms with Crippen molar-refractivity contribution in [3.8, 4) is 0 Å². The second kappa shape index (κ2) is 4.61. The first-order valence-electron chi connectivity index (χ1n) is 5.28. The highest BCUT2D eigenvalue weighted by molar-refractivity contribution is 5.88. The minimum absolute atomic E-state index is 0.0637. The van der Waals surface area contributed by atoms with Crippen LogP contribution in [0.5, 0.6) is 0 Å². The van der Waals surface area contributed by atoms with Gasteiger partial charge in [-0.3, -0.25) is 9.59 Å². The molecule has 1 aliphatic rings. The Morgan fingerprint density at radius 3 is 2.40 bits per heavy atom. The van der Waals surface area contributed by atoms with Gasteiger partial charge in [0.05, 0.1) is 0 Å². The van der Waals surface area contributed by atoms with Crippen LogP contribution in [0.2, 0.25) is 0 Å². The Hall–Kier alpha value is -1.10. The standard InChI is InChI=1S/C10H19N3O2/c1-6(2)7(11)5-9(14)13-4-3-8(13)10(12)15/h6-8H,3-5,11H2,1-2H3,(H2,12,15)/t7-,8?/m0/s1. The first kappa shape index (κ1) is 12.0. The van der Waals surface area contributed by atoms with Crippen molar-refractivity contribution in [3.63, 3.8) is 0 Å². The smallest absolute Gasteiger partial charge is 0.240 e. The Bertz CT molecular complexity index is 265. The molecule has 0 aromatic carbocycles. The van der Waals surface area contributed by atoms with E-state index in [0.717, 1.165) is 0 Å². The van der Waals surface area contributed by atoms with Gasteiger partial charge in [-0.1, -0.05) is 13.8 Å². The van der Waals surface area contributed by atoms with E-state index in [0.29, 0.717) is 19.4 Å². The molecule has 1 saturated heterocycles. The van der Waals surface area contributed by atoms with Gasteiger partial charge in [-0.25, -0.2) is 0 Å². The lowest BCUT2D eigenvalue weighted by atomic mass is 9.97. The van der Waals surface area contributed by atoms with Crippen LogP contribution in [0, 0.1) is 5.92 Å². The van der Waals surface area contributed by atoms with Crippen molar-refractivity contribution in [1.29, 1.82) is 0 Å². The molecule has 0 aliphatic carbocycles. The zero-order valence-electron chi connectivity index (χ0n) is 9.27. The maximum Gasteiger partial charge on any atom is 0.240 e. The molecular formula is C10H19N3O2. The normalized spacial score (nSPS) is 22.4. The predicted octanol–water partition coefficient (Wildman–Crippen LogP) is -0.554. The Balaban J connectivity index is 2.44. The van der Waals surface area contributed by atoms with E-state index in [2.05, 4.69) is 0 Å². The third-order valence-corrected chi connectivity index (χ3v) is 2.94. The zero-order valence-corrected chi connectivity index (χ0v) is 9.27. The molecule has 1 rings (SSSR count). The van der Waals surface area contributed by atoms with E-state index in [4.69, 9.17) is 11.5 Å². The van der Waals surface area contributed by atoms with Crippen molar-refractivity contribution in [2.45, 2.75) is 38.8 Å². The average molecular weight is 213 g/mol. The van der Waals surface area contributed by atoms with Crippen LogP contribution in [0.15, 0.2) is 0 Å². The molecule has 0 radical (unpaired) electrons. The molecule has 1 fully saturated rings. The Kier molecular flexibility index (Phi) is 3.68. The molecule has 86 valence electrons. The fourth-order valence-electron chi connectivity index (χ4n) is 1.54. The highest BCUT2D eigenvalue weighted by Gasteiger charge is 2.36. The van der Waals surface area contributed by atoms with Crippen molar-refractivity contribution in [3.05, 3.63) is 0 Å². The number of carbonyl (C=O) groups is 2. The molecule has 0 aromatic rings. The summed E-state index contributed by atoms with van der Waals surface area (Å²) in [7, 11) is 0. The monoisotopic (exact) mass is 213 g/mol. The zero-order chi connectivity index (χ0) is 11.6. The molecule has 15 heavy (non-hydrogen) atoms. The number of rotatable bonds is 4. The van der Waals surface area contributed by atoms with Crippen molar-refractivity contribution >= 4 is 11.8 Å². The van der Waals surface area contributed by atoms with Crippen molar-refractivity contribution in [2.24, 2.45) is 17.4 Å². The van der Waals surface area contributed by atoms with Gasteiger partial charge in [0, 0.05) is 19.0 Å². The van der Waals surface area contributed by atoms with Gasteiger partial charge in [-0.05, 0) is 12.3 Å². The first-order chi connectivity index (χ1) is 6.93. The summed E-state index contributed by atoms with van der Waals surface area (Å²) in [6.45, 7) is 4.57. The average Bonchev–Trinajstić information content (AvgIpc) is 1.99. The third kappa shape index (κ3) is 2.68. The largest absolute Gasteiger partial charge is 0.368 e. The van der Waals surface area contributed by atoms with Gasteiger partial charge in [0.15, 0.2) is 0 Å². The van der Waals surface area contributed by atoms with E-state index in [1.54, 1.807) is 0 Å². The summed E-state index contributed by atoms with van der Waals surface area (Å²) in [5.41, 5.74) is 10.9. The summed E-state index contributed by atoms with van der Waals surface area (Å²) in [6.07, 6.45) is 0.972. The summed E-state index contributed by atoms with van der Waals surface area (Å²) in [5, 5.41) is 0. The van der Waals surface area contributed by atoms with Crippen molar-refractivity contribution < 1.29 is 9.59 Å². The van der Waals surface area contributed by atoms with Gasteiger partial charge in [0.1, 0.15) is 6.04 Å². The lowest BCUT2D eigenvalue weighted by Crippen LogP contribution is -2.58. The predicted molar refractivity (Wildman–Crippen MR) is 56.7 cm³/mol. The molecule has 0 saturated carbocycles. The molecule has 0 aromatic heterocycles. The van der Waals surface area contributed by atoms with Gasteiger partial charge in [0.25, 0.3) is 0 Å². The maximum atomic E-state index is 11.7. The second-order valence-corrected chi connectivity index (χ2v) is 4.41. The molecule has 5 heteroatoms. The van der Waals surface area contributed by atoms with E-state index < -0.39 is 11.9 Å². The molecule has 1 heterocycles. The van der Waals surface area contributed by atoms with Crippen LogP contribution >= 0.6 is 0 Å². The van der Waals surface area contributed by atoms with Crippen LogP contribution in [0.3, 0.4) is 0 Å². The van der Waals surface area contributed by atoms with E-state index in [-0.39, 0.29) is 17.9 Å². The van der Waals surface area contributed by atoms with E-state index in [9.17, 15) is 9.59 Å². The fraction of sp³-hybridized carbons (Fsp3) is 0.800. The highest BCUT2D eigenvalue weighted by atomic mass is 16.2. The lowest BCUT2D eigenvalue weighted by Gasteiger charge is -2.39. The quantitative estimate of drug-likeness (QED) is 0.656. The van der Waals surface area contributed by atoms with Crippen molar-refractivity contribution in [1.82, 2.24) is 4.90 Å². The minimum atomic E-state index is -0.423. The van der Waals surface area contributed by atoms with Gasteiger partial charge in [0.2, 0.25) is 11.8 Å².